The third-order valence-electron chi connectivity index (χ3n) is 2.79. The second-order valence-electron chi connectivity index (χ2n) is 4.07. The first-order valence-electron chi connectivity index (χ1n) is 5.57. The van der Waals surface area contributed by atoms with Crippen LogP contribution in [0, 0.1) is 0 Å². The number of thiophene rings is 1. The molecule has 2 aromatic heterocycles. The Morgan fingerprint density at radius 1 is 1.44 bits per heavy atom. The van der Waals surface area contributed by atoms with E-state index in [0.29, 0.717) is 0 Å². The summed E-state index contributed by atoms with van der Waals surface area (Å²) >= 11 is 1.54. The molecule has 2 nitrogen and oxygen atoms in total. The molecule has 1 atom stereocenters. The van der Waals surface area contributed by atoms with Gasteiger partial charge in [0.2, 0.25) is 0 Å². The lowest BCUT2D eigenvalue weighted by molar-refractivity contribution is -0.136. The largest absolute Gasteiger partial charge is 0.389 e. The van der Waals surface area contributed by atoms with Crippen LogP contribution in [0.4, 0.5) is 13.2 Å². The van der Waals surface area contributed by atoms with Gasteiger partial charge in [0.1, 0.15) is 0 Å². The summed E-state index contributed by atoms with van der Waals surface area (Å²) in [7, 11) is 1.67. The maximum Gasteiger partial charge on any atom is 0.389 e. The topological polar surface area (TPSA) is 24.9 Å². The number of alkyl halides is 3. The van der Waals surface area contributed by atoms with Crippen LogP contribution in [0.1, 0.15) is 24.4 Å². The fourth-order valence-electron chi connectivity index (χ4n) is 1.84. The van der Waals surface area contributed by atoms with Gasteiger partial charge >= 0.3 is 6.18 Å². The highest BCUT2D eigenvalue weighted by Gasteiger charge is 2.28. The molecule has 0 spiro atoms. The van der Waals surface area contributed by atoms with Crippen LogP contribution < -0.4 is 5.32 Å². The maximum absolute atomic E-state index is 12.2. The van der Waals surface area contributed by atoms with Gasteiger partial charge in [-0.25, -0.2) is 0 Å². The molecule has 2 rings (SSSR count). The van der Waals surface area contributed by atoms with Crippen LogP contribution in [0.15, 0.2) is 23.7 Å². The van der Waals surface area contributed by atoms with Crippen LogP contribution in [-0.4, -0.2) is 18.2 Å². The summed E-state index contributed by atoms with van der Waals surface area (Å²) in [6, 6.07) is 3.49. The number of nitrogens with zero attached hydrogens (tertiary/aromatic N) is 1. The number of hydrogen-bond donors (Lipinski definition) is 1. The van der Waals surface area contributed by atoms with Gasteiger partial charge in [0.15, 0.2) is 0 Å². The summed E-state index contributed by atoms with van der Waals surface area (Å²) < 4.78 is 37.7. The Morgan fingerprint density at radius 3 is 2.89 bits per heavy atom. The molecule has 0 amide bonds. The Bertz CT molecular complexity index is 521. The van der Waals surface area contributed by atoms with Crippen LogP contribution in [0.2, 0.25) is 0 Å². The van der Waals surface area contributed by atoms with Crippen LogP contribution in [0.25, 0.3) is 10.2 Å². The van der Waals surface area contributed by atoms with Gasteiger partial charge in [-0.3, -0.25) is 4.98 Å². The summed E-state index contributed by atoms with van der Waals surface area (Å²) in [5, 5.41) is 4.83. The molecule has 0 aliphatic carbocycles. The van der Waals surface area contributed by atoms with Gasteiger partial charge in [0, 0.05) is 18.7 Å². The van der Waals surface area contributed by atoms with Gasteiger partial charge in [-0.05, 0) is 36.5 Å². The van der Waals surface area contributed by atoms with E-state index in [0.717, 1.165) is 15.8 Å². The molecule has 0 aliphatic rings. The van der Waals surface area contributed by atoms with Crippen LogP contribution in [-0.2, 0) is 0 Å². The van der Waals surface area contributed by atoms with E-state index in [-0.39, 0.29) is 12.5 Å². The van der Waals surface area contributed by atoms with E-state index in [2.05, 4.69) is 10.3 Å². The van der Waals surface area contributed by atoms with Crippen molar-refractivity contribution in [3.8, 4) is 0 Å². The lowest BCUT2D eigenvalue weighted by Gasteiger charge is -2.17. The fourth-order valence-corrected chi connectivity index (χ4v) is 2.63. The first-order chi connectivity index (χ1) is 8.49. The number of nitrogens with one attached hydrogen (secondary N) is 1. The zero-order chi connectivity index (χ0) is 13.2. The molecule has 0 saturated heterocycles. The highest BCUT2D eigenvalue weighted by Crippen LogP contribution is 2.29. The molecule has 0 aromatic carbocycles. The summed E-state index contributed by atoms with van der Waals surface area (Å²) in [5.74, 6) is 0. The fraction of sp³-hybridized carbons (Fsp3) is 0.417. The molecule has 0 bridgehead atoms. The molecule has 0 saturated carbocycles. The molecule has 1 N–H and O–H groups in total. The molecule has 2 heterocycles. The van der Waals surface area contributed by atoms with Crippen molar-refractivity contribution in [1.29, 1.82) is 0 Å². The lowest BCUT2D eigenvalue weighted by Crippen LogP contribution is -2.19. The number of rotatable bonds is 4. The average molecular weight is 274 g/mol. The quantitative estimate of drug-likeness (QED) is 0.914. The summed E-state index contributed by atoms with van der Waals surface area (Å²) in [6.07, 6.45) is -3.23. The zero-order valence-electron chi connectivity index (χ0n) is 9.79. The van der Waals surface area contributed by atoms with Crippen molar-refractivity contribution in [3.63, 3.8) is 0 Å². The Labute approximate surface area is 107 Å². The van der Waals surface area contributed by atoms with Crippen molar-refractivity contribution >= 4 is 21.6 Å². The van der Waals surface area contributed by atoms with E-state index < -0.39 is 12.6 Å². The van der Waals surface area contributed by atoms with E-state index in [1.54, 1.807) is 24.6 Å². The number of halogens is 3. The van der Waals surface area contributed by atoms with Gasteiger partial charge in [-0.2, -0.15) is 13.2 Å². The summed E-state index contributed by atoms with van der Waals surface area (Å²) in [4.78, 5) is 4.24. The molecule has 18 heavy (non-hydrogen) atoms. The highest BCUT2D eigenvalue weighted by molar-refractivity contribution is 7.17. The Balaban J connectivity index is 2.15. The predicted molar refractivity (Wildman–Crippen MR) is 66.7 cm³/mol. The van der Waals surface area contributed by atoms with E-state index in [9.17, 15) is 13.2 Å². The average Bonchev–Trinajstić information content (AvgIpc) is 2.75. The van der Waals surface area contributed by atoms with Crippen LogP contribution in [0.5, 0.6) is 0 Å². The molecular formula is C12H13F3N2S. The lowest BCUT2D eigenvalue weighted by atomic mass is 10.0. The SMILES string of the molecule is CNC(CCC(F)(F)F)c1cnc2ccsc2c1. The van der Waals surface area contributed by atoms with Crippen molar-refractivity contribution in [2.75, 3.05) is 7.05 Å². The van der Waals surface area contributed by atoms with Crippen molar-refractivity contribution < 1.29 is 13.2 Å². The van der Waals surface area contributed by atoms with Crippen molar-refractivity contribution in [2.45, 2.75) is 25.1 Å². The molecular weight excluding hydrogens is 261 g/mol. The highest BCUT2D eigenvalue weighted by atomic mass is 32.1. The molecule has 98 valence electrons. The predicted octanol–water partition coefficient (Wildman–Crippen LogP) is 3.90. The zero-order valence-corrected chi connectivity index (χ0v) is 10.6. The van der Waals surface area contributed by atoms with Gasteiger partial charge in [-0.15, -0.1) is 11.3 Å². The minimum atomic E-state index is -4.12. The third kappa shape index (κ3) is 3.20. The minimum Gasteiger partial charge on any atom is -0.313 e. The Hall–Kier alpha value is -1.14. The van der Waals surface area contributed by atoms with Gasteiger partial charge in [-0.1, -0.05) is 0 Å². The van der Waals surface area contributed by atoms with Gasteiger partial charge in [0.05, 0.1) is 10.2 Å². The van der Waals surface area contributed by atoms with Gasteiger partial charge < -0.3 is 5.32 Å². The molecule has 0 radical (unpaired) electrons. The normalized spacial score (nSPS) is 14.0. The third-order valence-corrected chi connectivity index (χ3v) is 3.64. The number of pyridine rings is 1. The maximum atomic E-state index is 12.2. The summed E-state index contributed by atoms with van der Waals surface area (Å²) in [5.41, 5.74) is 1.69. The second-order valence-corrected chi connectivity index (χ2v) is 5.02. The number of fused-ring (bicyclic) bond motifs is 1. The van der Waals surface area contributed by atoms with Crippen molar-refractivity contribution in [2.24, 2.45) is 0 Å². The molecule has 6 heteroatoms. The first-order valence-corrected chi connectivity index (χ1v) is 6.45. The first kappa shape index (κ1) is 13.3. The van der Waals surface area contributed by atoms with E-state index in [1.807, 2.05) is 17.5 Å². The second kappa shape index (κ2) is 5.24. The van der Waals surface area contributed by atoms with Crippen molar-refractivity contribution in [3.05, 3.63) is 29.3 Å². The Morgan fingerprint density at radius 2 is 2.22 bits per heavy atom. The molecule has 0 fully saturated rings. The molecule has 0 aliphatic heterocycles. The minimum absolute atomic E-state index is 0.0264. The van der Waals surface area contributed by atoms with Gasteiger partial charge in [0.25, 0.3) is 0 Å². The standard InChI is InChI=1S/C12H13F3N2S/c1-16-9(2-4-12(13,14)15)8-6-11-10(17-7-8)3-5-18-11/h3,5-7,9,16H,2,4H2,1H3. The monoisotopic (exact) mass is 274 g/mol. The number of hydrogen-bond acceptors (Lipinski definition) is 3. The molecule has 2 aromatic rings. The van der Waals surface area contributed by atoms with E-state index in [1.165, 1.54) is 0 Å². The Kier molecular flexibility index (Phi) is 3.87. The van der Waals surface area contributed by atoms with Crippen molar-refractivity contribution in [1.82, 2.24) is 10.3 Å². The number of aromatic nitrogens is 1. The molecule has 1 unspecified atom stereocenters. The van der Waals surface area contributed by atoms with Crippen LogP contribution in [0.3, 0.4) is 0 Å². The smallest absolute Gasteiger partial charge is 0.313 e. The van der Waals surface area contributed by atoms with Crippen LogP contribution >= 0.6 is 11.3 Å². The summed E-state index contributed by atoms with van der Waals surface area (Å²) in [6.45, 7) is 0. The van der Waals surface area contributed by atoms with E-state index in [4.69, 9.17) is 0 Å². The van der Waals surface area contributed by atoms with E-state index >= 15 is 0 Å².